The molecule has 0 aromatic carbocycles. The first-order chi connectivity index (χ1) is 9.28. The maximum Gasteiger partial charge on any atom is 0.407 e. The summed E-state index contributed by atoms with van der Waals surface area (Å²) in [5.41, 5.74) is 0.206. The topological polar surface area (TPSA) is 88.5 Å². The fraction of sp³-hybridized carbons (Fsp3) is 0.500. The number of amides is 1. The molecule has 0 fully saturated rings. The van der Waals surface area contributed by atoms with Crippen molar-refractivity contribution in [3.05, 3.63) is 30.1 Å². The Morgan fingerprint density at radius 3 is 2.65 bits per heavy atom. The van der Waals surface area contributed by atoms with Crippen molar-refractivity contribution < 1.29 is 19.4 Å². The predicted octanol–water partition coefficient (Wildman–Crippen LogP) is 1.85. The van der Waals surface area contributed by atoms with E-state index in [0.717, 1.165) is 5.56 Å². The lowest BCUT2D eigenvalue weighted by Gasteiger charge is -2.20. The van der Waals surface area contributed by atoms with Gasteiger partial charge in [-0.15, -0.1) is 0 Å². The van der Waals surface area contributed by atoms with Crippen LogP contribution in [-0.2, 0) is 16.0 Å². The van der Waals surface area contributed by atoms with Gasteiger partial charge in [-0.3, -0.25) is 9.78 Å². The van der Waals surface area contributed by atoms with Gasteiger partial charge in [-0.2, -0.15) is 0 Å². The largest absolute Gasteiger partial charge is 0.481 e. The number of carboxylic acid groups (broad SMARTS) is 1. The second kappa shape index (κ2) is 6.88. The molecule has 2 N–H and O–H groups in total. The average molecular weight is 280 g/mol. The molecule has 0 saturated heterocycles. The highest BCUT2D eigenvalue weighted by Crippen LogP contribution is 2.09. The van der Waals surface area contributed by atoms with Crippen molar-refractivity contribution >= 4 is 12.1 Å². The maximum absolute atomic E-state index is 11.5. The van der Waals surface area contributed by atoms with Gasteiger partial charge in [0.25, 0.3) is 0 Å². The van der Waals surface area contributed by atoms with Gasteiger partial charge in [0.05, 0.1) is 5.92 Å². The van der Waals surface area contributed by atoms with E-state index in [1.807, 2.05) is 0 Å². The van der Waals surface area contributed by atoms with Crippen LogP contribution in [0.25, 0.3) is 0 Å². The van der Waals surface area contributed by atoms with E-state index in [1.54, 1.807) is 45.3 Å². The van der Waals surface area contributed by atoms with Crippen LogP contribution in [-0.4, -0.2) is 34.3 Å². The Bertz CT molecular complexity index is 454. The Hall–Kier alpha value is -2.11. The number of carboxylic acids is 1. The molecule has 0 spiro atoms. The van der Waals surface area contributed by atoms with Crippen LogP contribution >= 0.6 is 0 Å². The molecule has 0 bridgehead atoms. The van der Waals surface area contributed by atoms with Crippen molar-refractivity contribution in [2.24, 2.45) is 5.92 Å². The number of hydrogen-bond acceptors (Lipinski definition) is 4. The lowest BCUT2D eigenvalue weighted by atomic mass is 10.0. The molecule has 1 rings (SSSR count). The van der Waals surface area contributed by atoms with Crippen molar-refractivity contribution in [1.29, 1.82) is 0 Å². The highest BCUT2D eigenvalue weighted by atomic mass is 16.6. The molecule has 1 aromatic heterocycles. The van der Waals surface area contributed by atoms with E-state index >= 15 is 0 Å². The number of nitrogens with one attached hydrogen (secondary N) is 1. The molecule has 110 valence electrons. The minimum Gasteiger partial charge on any atom is -0.481 e. The smallest absolute Gasteiger partial charge is 0.407 e. The lowest BCUT2D eigenvalue weighted by molar-refractivity contribution is -0.141. The van der Waals surface area contributed by atoms with E-state index in [4.69, 9.17) is 9.84 Å². The number of carbonyl (C=O) groups is 2. The molecule has 1 amide bonds. The highest BCUT2D eigenvalue weighted by molar-refractivity contribution is 5.73. The normalized spacial score (nSPS) is 12.6. The monoisotopic (exact) mass is 280 g/mol. The van der Waals surface area contributed by atoms with E-state index in [0.29, 0.717) is 6.42 Å². The second-order valence-electron chi connectivity index (χ2n) is 5.48. The zero-order chi connectivity index (χ0) is 15.2. The average Bonchev–Trinajstić information content (AvgIpc) is 2.33. The van der Waals surface area contributed by atoms with Crippen LogP contribution in [0.1, 0.15) is 26.3 Å². The van der Waals surface area contributed by atoms with Crippen LogP contribution in [0.3, 0.4) is 0 Å². The third-order valence-electron chi connectivity index (χ3n) is 2.45. The maximum atomic E-state index is 11.5. The molecule has 0 unspecified atom stereocenters. The first kappa shape index (κ1) is 15.9. The molecule has 6 heteroatoms. The van der Waals surface area contributed by atoms with E-state index in [1.165, 1.54) is 0 Å². The van der Waals surface area contributed by atoms with Crippen LogP contribution in [0.4, 0.5) is 4.79 Å². The van der Waals surface area contributed by atoms with Crippen molar-refractivity contribution in [3.63, 3.8) is 0 Å². The molecular weight excluding hydrogens is 260 g/mol. The minimum atomic E-state index is -0.968. The molecule has 1 atom stereocenters. The molecule has 0 aliphatic heterocycles. The molecule has 1 aromatic rings. The molecular formula is C14H20N2O4. The van der Waals surface area contributed by atoms with Gasteiger partial charge in [0.15, 0.2) is 0 Å². The van der Waals surface area contributed by atoms with E-state index in [-0.39, 0.29) is 6.54 Å². The standard InChI is InChI=1S/C14H20N2O4/c1-14(2,3)20-13(19)16-9-11(12(17)18)7-10-5-4-6-15-8-10/h4-6,8,11H,7,9H2,1-3H3,(H,16,19)(H,17,18)/t11-/m0/s1. The molecule has 0 aliphatic rings. The third kappa shape index (κ3) is 6.17. The van der Waals surface area contributed by atoms with Crippen LogP contribution in [0, 0.1) is 5.92 Å². The second-order valence-corrected chi connectivity index (χ2v) is 5.48. The van der Waals surface area contributed by atoms with Gasteiger partial charge in [0, 0.05) is 18.9 Å². The first-order valence-electron chi connectivity index (χ1n) is 6.36. The molecule has 0 saturated carbocycles. The number of ether oxygens (including phenoxy) is 1. The summed E-state index contributed by atoms with van der Waals surface area (Å²) in [6.07, 6.45) is 2.93. The molecule has 0 radical (unpaired) electrons. The van der Waals surface area contributed by atoms with Crippen molar-refractivity contribution in [1.82, 2.24) is 10.3 Å². The summed E-state index contributed by atoms with van der Waals surface area (Å²) in [6.45, 7) is 5.25. The summed E-state index contributed by atoms with van der Waals surface area (Å²) < 4.78 is 5.06. The molecule has 1 heterocycles. The Labute approximate surface area is 118 Å². The van der Waals surface area contributed by atoms with Crippen LogP contribution in [0.2, 0.25) is 0 Å². The number of aromatic nitrogens is 1. The first-order valence-corrected chi connectivity index (χ1v) is 6.36. The van der Waals surface area contributed by atoms with Gasteiger partial charge in [-0.1, -0.05) is 6.07 Å². The summed E-state index contributed by atoms with van der Waals surface area (Å²) >= 11 is 0. The molecule has 0 aliphatic carbocycles. The number of hydrogen-bond donors (Lipinski definition) is 2. The van der Waals surface area contributed by atoms with E-state index in [2.05, 4.69) is 10.3 Å². The van der Waals surface area contributed by atoms with Gasteiger partial charge in [0.1, 0.15) is 5.60 Å². The number of alkyl carbamates (subject to hydrolysis) is 1. The summed E-state index contributed by atoms with van der Waals surface area (Å²) in [4.78, 5) is 26.6. The van der Waals surface area contributed by atoms with Gasteiger partial charge < -0.3 is 15.2 Å². The minimum absolute atomic E-state index is 0.0130. The Morgan fingerprint density at radius 2 is 2.15 bits per heavy atom. The fourth-order valence-corrected chi connectivity index (χ4v) is 1.57. The number of pyridine rings is 1. The molecule has 20 heavy (non-hydrogen) atoms. The number of aliphatic carboxylic acids is 1. The fourth-order valence-electron chi connectivity index (χ4n) is 1.57. The van der Waals surface area contributed by atoms with Crippen LogP contribution in [0.15, 0.2) is 24.5 Å². The SMILES string of the molecule is CC(C)(C)OC(=O)NC[C@H](Cc1cccnc1)C(=O)O. The van der Waals surface area contributed by atoms with Gasteiger partial charge >= 0.3 is 12.1 Å². The summed E-state index contributed by atoms with van der Waals surface area (Å²) in [5.74, 6) is -1.68. The van der Waals surface area contributed by atoms with Gasteiger partial charge in [0.2, 0.25) is 0 Å². The van der Waals surface area contributed by atoms with Crippen LogP contribution < -0.4 is 5.32 Å². The quantitative estimate of drug-likeness (QED) is 0.859. The van der Waals surface area contributed by atoms with Gasteiger partial charge in [-0.05, 0) is 38.8 Å². The Balaban J connectivity index is 2.52. The van der Waals surface area contributed by atoms with Gasteiger partial charge in [-0.25, -0.2) is 4.79 Å². The number of carbonyl (C=O) groups excluding carboxylic acids is 1. The lowest BCUT2D eigenvalue weighted by Crippen LogP contribution is -2.37. The number of nitrogens with zero attached hydrogens (tertiary/aromatic N) is 1. The zero-order valence-electron chi connectivity index (χ0n) is 11.9. The van der Waals surface area contributed by atoms with Crippen molar-refractivity contribution in [2.75, 3.05) is 6.54 Å². The van der Waals surface area contributed by atoms with Crippen LogP contribution in [0.5, 0.6) is 0 Å². The zero-order valence-corrected chi connectivity index (χ0v) is 11.9. The highest BCUT2D eigenvalue weighted by Gasteiger charge is 2.21. The van der Waals surface area contributed by atoms with E-state index in [9.17, 15) is 9.59 Å². The Morgan fingerprint density at radius 1 is 1.45 bits per heavy atom. The third-order valence-corrected chi connectivity index (χ3v) is 2.45. The Kier molecular flexibility index (Phi) is 5.49. The van der Waals surface area contributed by atoms with Crippen molar-refractivity contribution in [2.45, 2.75) is 32.8 Å². The predicted molar refractivity (Wildman–Crippen MR) is 73.3 cm³/mol. The number of rotatable bonds is 5. The summed E-state index contributed by atoms with van der Waals surface area (Å²) in [7, 11) is 0. The van der Waals surface area contributed by atoms with Crippen molar-refractivity contribution in [3.8, 4) is 0 Å². The summed E-state index contributed by atoms with van der Waals surface area (Å²) in [5, 5.41) is 11.6. The molecule has 6 nitrogen and oxygen atoms in total. The summed E-state index contributed by atoms with van der Waals surface area (Å²) in [6, 6.07) is 3.55. The van der Waals surface area contributed by atoms with E-state index < -0.39 is 23.6 Å².